The summed E-state index contributed by atoms with van der Waals surface area (Å²) in [5.74, 6) is 0.654. The average molecular weight is 403 g/mol. The number of piperidine rings is 1. The molecular weight excluding hydrogens is 384 g/mol. The summed E-state index contributed by atoms with van der Waals surface area (Å²) in [6, 6.07) is 5.88. The van der Waals surface area contributed by atoms with E-state index in [0.29, 0.717) is 17.1 Å². The molecule has 0 saturated carbocycles. The zero-order valence-corrected chi connectivity index (χ0v) is 15.8. The van der Waals surface area contributed by atoms with Crippen molar-refractivity contribution in [1.29, 1.82) is 5.26 Å². The van der Waals surface area contributed by atoms with Gasteiger partial charge in [-0.15, -0.1) is 0 Å². The third-order valence-corrected chi connectivity index (χ3v) is 4.95. The van der Waals surface area contributed by atoms with E-state index in [-0.39, 0.29) is 11.9 Å². The number of nitrogens with zero attached hydrogens (tertiary/aromatic N) is 6. The Morgan fingerprint density at radius 3 is 2.76 bits per heavy atom. The minimum atomic E-state index is -0.0569. The van der Waals surface area contributed by atoms with E-state index in [0.717, 1.165) is 30.4 Å². The highest BCUT2D eigenvalue weighted by molar-refractivity contribution is 9.10. The van der Waals surface area contributed by atoms with Gasteiger partial charge in [0.15, 0.2) is 0 Å². The Balaban J connectivity index is 1.66. The fraction of sp³-hybridized carbons (Fsp3) is 0.412. The number of rotatable bonds is 3. The highest BCUT2D eigenvalue weighted by Crippen LogP contribution is 2.25. The monoisotopic (exact) mass is 402 g/mol. The van der Waals surface area contributed by atoms with E-state index in [2.05, 4.69) is 37.0 Å². The van der Waals surface area contributed by atoms with Crippen molar-refractivity contribution in [2.45, 2.75) is 18.9 Å². The first kappa shape index (κ1) is 17.4. The molecule has 0 unspecified atom stereocenters. The molecule has 1 aliphatic heterocycles. The highest BCUT2D eigenvalue weighted by Gasteiger charge is 2.28. The van der Waals surface area contributed by atoms with E-state index < -0.39 is 0 Å². The van der Waals surface area contributed by atoms with Crippen LogP contribution in [-0.2, 0) is 7.05 Å². The van der Waals surface area contributed by atoms with Crippen LogP contribution >= 0.6 is 15.9 Å². The van der Waals surface area contributed by atoms with E-state index >= 15 is 0 Å². The van der Waals surface area contributed by atoms with Crippen molar-refractivity contribution in [3.8, 4) is 6.07 Å². The number of hydrogen-bond acceptors (Lipinski definition) is 5. The van der Waals surface area contributed by atoms with Gasteiger partial charge in [0, 0.05) is 50.1 Å². The first-order valence-electron chi connectivity index (χ1n) is 8.07. The van der Waals surface area contributed by atoms with Gasteiger partial charge < -0.3 is 9.80 Å². The third kappa shape index (κ3) is 3.66. The van der Waals surface area contributed by atoms with Gasteiger partial charge in [-0.05, 0) is 40.9 Å². The number of aryl methyl sites for hydroxylation is 1. The quantitative estimate of drug-likeness (QED) is 0.785. The predicted octanol–water partition coefficient (Wildman–Crippen LogP) is 2.19. The Bertz CT molecular complexity index is 819. The van der Waals surface area contributed by atoms with Crippen LogP contribution in [0.4, 0.5) is 5.82 Å². The summed E-state index contributed by atoms with van der Waals surface area (Å²) < 4.78 is 2.43. The molecule has 130 valence electrons. The Morgan fingerprint density at radius 2 is 2.16 bits per heavy atom. The second-order valence-electron chi connectivity index (χ2n) is 6.15. The van der Waals surface area contributed by atoms with E-state index in [1.807, 2.05) is 7.05 Å². The lowest BCUT2D eigenvalue weighted by Crippen LogP contribution is -2.46. The van der Waals surface area contributed by atoms with Gasteiger partial charge in [0.2, 0.25) is 0 Å². The molecule has 0 bridgehead atoms. The van der Waals surface area contributed by atoms with Crippen LogP contribution in [0, 0.1) is 11.3 Å². The maximum absolute atomic E-state index is 12.5. The van der Waals surface area contributed by atoms with Crippen LogP contribution < -0.4 is 4.90 Å². The topological polar surface area (TPSA) is 78.1 Å². The molecule has 2 aromatic heterocycles. The Kier molecular flexibility index (Phi) is 5.04. The molecule has 8 heteroatoms. The highest BCUT2D eigenvalue weighted by atomic mass is 79.9. The number of halogens is 1. The molecule has 0 aliphatic carbocycles. The van der Waals surface area contributed by atoms with Crippen LogP contribution in [-0.4, -0.2) is 51.8 Å². The lowest BCUT2D eigenvalue weighted by Gasteiger charge is -2.37. The molecule has 1 fully saturated rings. The Labute approximate surface area is 155 Å². The molecule has 0 N–H and O–H groups in total. The molecule has 3 heterocycles. The largest absolute Gasteiger partial charge is 0.355 e. The van der Waals surface area contributed by atoms with Gasteiger partial charge in [-0.1, -0.05) is 0 Å². The molecule has 3 rings (SSSR count). The van der Waals surface area contributed by atoms with Crippen molar-refractivity contribution in [3.05, 3.63) is 40.3 Å². The van der Waals surface area contributed by atoms with E-state index in [1.165, 1.54) is 0 Å². The molecule has 7 nitrogen and oxygen atoms in total. The summed E-state index contributed by atoms with van der Waals surface area (Å²) in [5.41, 5.74) is 1.03. The molecule has 25 heavy (non-hydrogen) atoms. The fourth-order valence-corrected chi connectivity index (χ4v) is 3.44. The van der Waals surface area contributed by atoms with Gasteiger partial charge in [0.05, 0.1) is 5.56 Å². The van der Waals surface area contributed by atoms with Crippen LogP contribution in [0.1, 0.15) is 28.9 Å². The average Bonchev–Trinajstić information content (AvgIpc) is 3.07. The molecule has 1 amide bonds. The summed E-state index contributed by atoms with van der Waals surface area (Å²) in [6.07, 6.45) is 5.14. The molecular formula is C17H19BrN6O. The number of carbonyl (C=O) groups excluding carboxylic acids is 1. The molecule has 0 aromatic carbocycles. The summed E-state index contributed by atoms with van der Waals surface area (Å²) in [5, 5.41) is 13.5. The molecule has 0 atom stereocenters. The van der Waals surface area contributed by atoms with Gasteiger partial charge in [0.25, 0.3) is 5.91 Å². The SMILES string of the molecule is CN(C(=O)c1ccn(C)n1)C1CCN(c2ncc(Br)cc2C#N)CC1. The molecule has 0 radical (unpaired) electrons. The van der Waals surface area contributed by atoms with Crippen LogP contribution in [0.25, 0.3) is 0 Å². The van der Waals surface area contributed by atoms with Crippen molar-refractivity contribution in [2.24, 2.45) is 7.05 Å². The van der Waals surface area contributed by atoms with Crippen molar-refractivity contribution in [2.75, 3.05) is 25.0 Å². The van der Waals surface area contributed by atoms with Gasteiger partial charge in [0.1, 0.15) is 17.6 Å². The van der Waals surface area contributed by atoms with Gasteiger partial charge in [-0.3, -0.25) is 9.48 Å². The summed E-state index contributed by atoms with van der Waals surface area (Å²) in [4.78, 5) is 20.8. The fourth-order valence-electron chi connectivity index (χ4n) is 3.11. The Morgan fingerprint density at radius 1 is 1.44 bits per heavy atom. The number of pyridine rings is 1. The number of hydrogen-bond donors (Lipinski definition) is 0. The minimum Gasteiger partial charge on any atom is -0.355 e. The standard InChI is InChI=1S/C17H19BrN6O/c1-22-6-5-15(21-22)17(25)23(2)14-3-7-24(8-4-14)16-12(10-19)9-13(18)11-20-16/h5-6,9,11,14H,3-4,7-8H2,1-2H3. The van der Waals surface area contributed by atoms with Gasteiger partial charge in [-0.2, -0.15) is 10.4 Å². The maximum Gasteiger partial charge on any atom is 0.274 e. The lowest BCUT2D eigenvalue weighted by atomic mass is 10.0. The van der Waals surface area contributed by atoms with E-state index in [9.17, 15) is 10.1 Å². The number of carbonyl (C=O) groups is 1. The van der Waals surface area contributed by atoms with Crippen molar-refractivity contribution < 1.29 is 4.79 Å². The maximum atomic E-state index is 12.5. The smallest absolute Gasteiger partial charge is 0.274 e. The van der Waals surface area contributed by atoms with Crippen molar-refractivity contribution in [1.82, 2.24) is 19.7 Å². The normalized spacial score (nSPS) is 15.0. The number of anilines is 1. The first-order valence-corrected chi connectivity index (χ1v) is 8.86. The third-order valence-electron chi connectivity index (χ3n) is 4.52. The molecule has 1 aliphatic rings. The van der Waals surface area contributed by atoms with Gasteiger partial charge in [-0.25, -0.2) is 4.98 Å². The number of nitriles is 1. The van der Waals surface area contributed by atoms with Crippen LogP contribution in [0.5, 0.6) is 0 Å². The summed E-state index contributed by atoms with van der Waals surface area (Å²) >= 11 is 3.35. The zero-order chi connectivity index (χ0) is 18.0. The van der Waals surface area contributed by atoms with E-state index in [4.69, 9.17) is 0 Å². The number of aromatic nitrogens is 3. The van der Waals surface area contributed by atoms with E-state index in [1.54, 1.807) is 41.2 Å². The lowest BCUT2D eigenvalue weighted by molar-refractivity contribution is 0.0702. The second-order valence-corrected chi connectivity index (χ2v) is 7.06. The Hall–Kier alpha value is -2.40. The summed E-state index contributed by atoms with van der Waals surface area (Å²) in [6.45, 7) is 1.52. The van der Waals surface area contributed by atoms with Crippen molar-refractivity contribution >= 4 is 27.7 Å². The summed E-state index contributed by atoms with van der Waals surface area (Å²) in [7, 11) is 3.63. The van der Waals surface area contributed by atoms with Crippen LogP contribution in [0.15, 0.2) is 29.0 Å². The molecule has 2 aromatic rings. The number of amides is 1. The first-order chi connectivity index (χ1) is 12.0. The molecule has 0 spiro atoms. The zero-order valence-electron chi connectivity index (χ0n) is 14.2. The minimum absolute atomic E-state index is 0.0569. The van der Waals surface area contributed by atoms with Crippen LogP contribution in [0.3, 0.4) is 0 Å². The predicted molar refractivity (Wildman–Crippen MR) is 97.2 cm³/mol. The molecule has 1 saturated heterocycles. The van der Waals surface area contributed by atoms with Gasteiger partial charge >= 0.3 is 0 Å². The van der Waals surface area contributed by atoms with Crippen LogP contribution in [0.2, 0.25) is 0 Å². The van der Waals surface area contributed by atoms with Crippen molar-refractivity contribution in [3.63, 3.8) is 0 Å². The second kappa shape index (κ2) is 7.23.